The highest BCUT2D eigenvalue weighted by atomic mass is 32.2. The lowest BCUT2D eigenvalue weighted by molar-refractivity contribution is -0.157. The molecule has 1 aromatic carbocycles. The summed E-state index contributed by atoms with van der Waals surface area (Å²) in [4.78, 5) is 36.1. The first-order valence-electron chi connectivity index (χ1n) is 8.07. The second-order valence-electron chi connectivity index (χ2n) is 5.94. The van der Waals surface area contributed by atoms with Crippen molar-refractivity contribution in [2.24, 2.45) is 0 Å². The normalized spacial score (nSPS) is 16.9. The molecule has 2 atom stereocenters. The Morgan fingerprint density at radius 1 is 1.33 bits per heavy atom. The molecule has 27 heavy (non-hydrogen) atoms. The summed E-state index contributed by atoms with van der Waals surface area (Å²) in [6.45, 7) is 0.628. The van der Waals surface area contributed by atoms with Crippen molar-refractivity contribution in [3.8, 4) is 0 Å². The van der Waals surface area contributed by atoms with E-state index in [-0.39, 0.29) is 23.8 Å². The van der Waals surface area contributed by atoms with Gasteiger partial charge in [-0.15, -0.1) is 0 Å². The van der Waals surface area contributed by atoms with Gasteiger partial charge in [0.2, 0.25) is 15.9 Å². The van der Waals surface area contributed by atoms with Crippen molar-refractivity contribution in [2.75, 3.05) is 13.2 Å². The number of hydrogen-bond donors (Lipinski definition) is 2. The molecule has 1 saturated heterocycles. The van der Waals surface area contributed by atoms with Crippen LogP contribution in [0.2, 0.25) is 0 Å². The van der Waals surface area contributed by atoms with Crippen LogP contribution in [0.4, 0.5) is 4.39 Å². The molecule has 0 saturated carbocycles. The maximum Gasteiger partial charge on any atom is 0.327 e. The third-order valence-corrected chi connectivity index (χ3v) is 5.31. The van der Waals surface area contributed by atoms with Gasteiger partial charge in [0, 0.05) is 13.0 Å². The number of esters is 1. The number of imide groups is 1. The van der Waals surface area contributed by atoms with Crippen LogP contribution in [0.3, 0.4) is 0 Å². The minimum absolute atomic E-state index is 0.228. The van der Waals surface area contributed by atoms with Crippen molar-refractivity contribution in [2.45, 2.75) is 36.8 Å². The van der Waals surface area contributed by atoms with Crippen LogP contribution in [0.5, 0.6) is 0 Å². The molecule has 0 aliphatic carbocycles. The van der Waals surface area contributed by atoms with Crippen molar-refractivity contribution < 1.29 is 37.0 Å². The average Bonchev–Trinajstić information content (AvgIpc) is 3.03. The standard InChI is InChI=1S/C16H19FN2O7S/c1-10(20)15(18-27(24,25)12-6-4-11(17)5-7-12)16(23)26-9-14(22)19-8-2-3-13(19)21/h4-7,10,15,18,20H,2-3,8-9H2,1H3/t10-,15-/m0/s1. The van der Waals surface area contributed by atoms with Crippen LogP contribution < -0.4 is 4.72 Å². The van der Waals surface area contributed by atoms with Crippen molar-refractivity contribution in [1.82, 2.24) is 9.62 Å². The highest BCUT2D eigenvalue weighted by Crippen LogP contribution is 2.13. The molecule has 0 radical (unpaired) electrons. The number of aliphatic hydroxyl groups is 1. The topological polar surface area (TPSA) is 130 Å². The van der Waals surface area contributed by atoms with Crippen LogP contribution in [0, 0.1) is 5.82 Å². The van der Waals surface area contributed by atoms with E-state index in [1.165, 1.54) is 0 Å². The Bertz CT molecular complexity index is 824. The lowest BCUT2D eigenvalue weighted by Gasteiger charge is -2.20. The Hall–Kier alpha value is -2.37. The van der Waals surface area contributed by atoms with E-state index in [0.717, 1.165) is 36.1 Å². The molecule has 0 bridgehead atoms. The number of nitrogens with zero attached hydrogens (tertiary/aromatic N) is 1. The van der Waals surface area contributed by atoms with Gasteiger partial charge in [-0.1, -0.05) is 0 Å². The Kier molecular flexibility index (Phi) is 6.63. The van der Waals surface area contributed by atoms with Crippen LogP contribution in [0.25, 0.3) is 0 Å². The molecule has 0 aromatic heterocycles. The highest BCUT2D eigenvalue weighted by Gasteiger charge is 2.33. The fourth-order valence-electron chi connectivity index (χ4n) is 2.40. The number of carbonyl (C=O) groups is 3. The minimum Gasteiger partial charge on any atom is -0.454 e. The monoisotopic (exact) mass is 402 g/mol. The maximum atomic E-state index is 12.9. The number of aliphatic hydroxyl groups excluding tert-OH is 1. The van der Waals surface area contributed by atoms with E-state index in [2.05, 4.69) is 0 Å². The Balaban J connectivity index is 2.03. The zero-order chi connectivity index (χ0) is 20.2. The summed E-state index contributed by atoms with van der Waals surface area (Å²) in [5.74, 6) is -2.93. The molecule has 9 nitrogen and oxygen atoms in total. The smallest absolute Gasteiger partial charge is 0.327 e. The summed E-state index contributed by atoms with van der Waals surface area (Å²) in [6.07, 6.45) is -0.726. The van der Waals surface area contributed by atoms with E-state index in [9.17, 15) is 32.3 Å². The van der Waals surface area contributed by atoms with E-state index < -0.39 is 46.5 Å². The number of halogens is 1. The van der Waals surface area contributed by atoms with Gasteiger partial charge in [0.25, 0.3) is 5.91 Å². The fourth-order valence-corrected chi connectivity index (χ4v) is 3.66. The summed E-state index contributed by atoms with van der Waals surface area (Å²) >= 11 is 0. The van der Waals surface area contributed by atoms with Gasteiger partial charge in [0.1, 0.15) is 11.9 Å². The number of nitrogens with one attached hydrogen (secondary N) is 1. The highest BCUT2D eigenvalue weighted by molar-refractivity contribution is 7.89. The maximum absolute atomic E-state index is 12.9. The molecular weight excluding hydrogens is 383 g/mol. The average molecular weight is 402 g/mol. The molecule has 11 heteroatoms. The number of benzene rings is 1. The molecular formula is C16H19FN2O7S. The van der Waals surface area contributed by atoms with Gasteiger partial charge in [-0.05, 0) is 37.6 Å². The number of amides is 2. The molecule has 2 N–H and O–H groups in total. The molecule has 1 fully saturated rings. The molecule has 2 amide bonds. The lowest BCUT2D eigenvalue weighted by atomic mass is 10.2. The second kappa shape index (κ2) is 8.55. The van der Waals surface area contributed by atoms with Crippen LogP contribution in [-0.2, 0) is 29.1 Å². The Morgan fingerprint density at radius 3 is 2.48 bits per heavy atom. The van der Waals surface area contributed by atoms with E-state index in [1.54, 1.807) is 0 Å². The SMILES string of the molecule is C[C@H](O)[C@H](NS(=O)(=O)c1ccc(F)cc1)C(=O)OCC(=O)N1CCCC1=O. The quantitative estimate of drug-likeness (QED) is 0.591. The van der Waals surface area contributed by atoms with Crippen LogP contribution in [-0.4, -0.2) is 61.5 Å². The van der Waals surface area contributed by atoms with E-state index in [1.807, 2.05) is 4.72 Å². The van der Waals surface area contributed by atoms with Crippen molar-refractivity contribution in [1.29, 1.82) is 0 Å². The second-order valence-corrected chi connectivity index (χ2v) is 7.66. The zero-order valence-electron chi connectivity index (χ0n) is 14.4. The van der Waals surface area contributed by atoms with Crippen LogP contribution in [0.1, 0.15) is 19.8 Å². The van der Waals surface area contributed by atoms with Gasteiger partial charge in [-0.25, -0.2) is 12.8 Å². The third kappa shape index (κ3) is 5.31. The van der Waals surface area contributed by atoms with Gasteiger partial charge in [0.15, 0.2) is 6.61 Å². The van der Waals surface area contributed by atoms with Gasteiger partial charge < -0.3 is 9.84 Å². The summed E-state index contributed by atoms with van der Waals surface area (Å²) in [6, 6.07) is 2.14. The first-order valence-corrected chi connectivity index (χ1v) is 9.56. The first-order chi connectivity index (χ1) is 12.6. The summed E-state index contributed by atoms with van der Waals surface area (Å²) in [5.41, 5.74) is 0. The molecule has 1 aliphatic heterocycles. The lowest BCUT2D eigenvalue weighted by Crippen LogP contribution is -2.49. The fraction of sp³-hybridized carbons (Fsp3) is 0.438. The van der Waals surface area contributed by atoms with Gasteiger partial charge in [0.05, 0.1) is 11.0 Å². The summed E-state index contributed by atoms with van der Waals surface area (Å²) < 4.78 is 44.2. The number of sulfonamides is 1. The van der Waals surface area contributed by atoms with E-state index in [4.69, 9.17) is 4.74 Å². The molecule has 2 rings (SSSR count). The molecule has 0 spiro atoms. The minimum atomic E-state index is -4.26. The molecule has 0 unspecified atom stereocenters. The van der Waals surface area contributed by atoms with Crippen molar-refractivity contribution in [3.05, 3.63) is 30.1 Å². The summed E-state index contributed by atoms with van der Waals surface area (Å²) in [5, 5.41) is 9.72. The molecule has 1 heterocycles. The Morgan fingerprint density at radius 2 is 1.96 bits per heavy atom. The van der Waals surface area contributed by atoms with Gasteiger partial charge >= 0.3 is 5.97 Å². The number of likely N-dealkylation sites (tertiary alicyclic amines) is 1. The zero-order valence-corrected chi connectivity index (χ0v) is 15.2. The third-order valence-electron chi connectivity index (χ3n) is 3.85. The predicted molar refractivity (Wildman–Crippen MR) is 89.1 cm³/mol. The molecule has 1 aliphatic rings. The summed E-state index contributed by atoms with van der Waals surface area (Å²) in [7, 11) is -4.26. The van der Waals surface area contributed by atoms with Crippen LogP contribution >= 0.6 is 0 Å². The number of carbonyl (C=O) groups excluding carboxylic acids is 3. The van der Waals surface area contributed by atoms with E-state index >= 15 is 0 Å². The largest absolute Gasteiger partial charge is 0.454 e. The number of ether oxygens (including phenoxy) is 1. The van der Waals surface area contributed by atoms with Crippen molar-refractivity contribution in [3.63, 3.8) is 0 Å². The van der Waals surface area contributed by atoms with Gasteiger partial charge in [-0.2, -0.15) is 4.72 Å². The number of rotatable bonds is 7. The van der Waals surface area contributed by atoms with E-state index in [0.29, 0.717) is 6.42 Å². The number of hydrogen-bond acceptors (Lipinski definition) is 7. The Labute approximate surface area is 155 Å². The van der Waals surface area contributed by atoms with Crippen LogP contribution in [0.15, 0.2) is 29.2 Å². The predicted octanol–water partition coefficient (Wildman–Crippen LogP) is -0.454. The first kappa shape index (κ1) is 20.9. The van der Waals surface area contributed by atoms with Gasteiger partial charge in [-0.3, -0.25) is 19.3 Å². The molecule has 148 valence electrons. The molecule has 1 aromatic rings. The van der Waals surface area contributed by atoms with Crippen molar-refractivity contribution >= 4 is 27.8 Å².